The molecule has 1 rings (SSSR count). The molecule has 12 N–H and O–H groups in total. The normalized spacial score (nSPS) is 12.4. The van der Waals surface area contributed by atoms with Gasteiger partial charge in [0.1, 0.15) is 0 Å². The van der Waals surface area contributed by atoms with Crippen LogP contribution in [0.1, 0.15) is 0 Å². The molecule has 0 spiro atoms. The predicted octanol–water partition coefficient (Wildman–Crippen LogP) is -5.29. The van der Waals surface area contributed by atoms with E-state index in [0.29, 0.717) is 6.54 Å². The Morgan fingerprint density at radius 2 is 0.780 bits per heavy atom. The highest BCUT2D eigenvalue weighted by molar-refractivity contribution is 7.87. The highest BCUT2D eigenvalue weighted by atomic mass is 32.3. The van der Waals surface area contributed by atoms with Crippen molar-refractivity contribution < 1.29 is 95.8 Å². The zero-order chi connectivity index (χ0) is 40.6. The molecule has 50 heavy (non-hydrogen) atoms. The van der Waals surface area contributed by atoms with Gasteiger partial charge in [0, 0.05) is 19.6 Å². The van der Waals surface area contributed by atoms with Crippen LogP contribution in [0.3, 0.4) is 0 Å². The van der Waals surface area contributed by atoms with E-state index in [9.17, 15) is 42.1 Å². The van der Waals surface area contributed by atoms with Crippen LogP contribution >= 0.6 is 0 Å². The molecule has 26 nitrogen and oxygen atoms in total. The van der Waals surface area contributed by atoms with Crippen LogP contribution in [0.2, 0.25) is 0 Å². The van der Waals surface area contributed by atoms with Gasteiger partial charge in [0.05, 0.1) is 83.6 Å². The number of nitrogens with zero attached hydrogens (tertiary/aromatic N) is 1. The van der Waals surface area contributed by atoms with Gasteiger partial charge in [-0.25, -0.2) is 0 Å². The van der Waals surface area contributed by atoms with Crippen molar-refractivity contribution in [3.63, 3.8) is 0 Å². The molecular weight excluding hydrogens is 817 g/mol. The number of aliphatic hydroxyl groups is 2. The van der Waals surface area contributed by atoms with Crippen LogP contribution in [0.5, 0.6) is 0 Å². The van der Waals surface area contributed by atoms with E-state index in [-0.39, 0.29) is 48.0 Å². The van der Waals surface area contributed by atoms with E-state index >= 15 is 0 Å². The monoisotopic (exact) mass is 870 g/mol. The molecule has 0 aromatic heterocycles. The molecule has 0 aromatic rings. The van der Waals surface area contributed by atoms with Crippen molar-refractivity contribution in [3.05, 3.63) is 0 Å². The summed E-state index contributed by atoms with van der Waals surface area (Å²) in [6.07, 6.45) is 0. The molecule has 0 atom stereocenters. The lowest BCUT2D eigenvalue weighted by Gasteiger charge is -2.05. The first-order valence-electron chi connectivity index (χ1n) is 12.5. The zero-order valence-electron chi connectivity index (χ0n) is 28.4. The Kier molecular flexibility index (Phi) is 45.1. The van der Waals surface area contributed by atoms with E-state index in [0.717, 1.165) is 41.7 Å². The van der Waals surface area contributed by atoms with Gasteiger partial charge in [0.2, 0.25) is 0 Å². The summed E-state index contributed by atoms with van der Waals surface area (Å²) in [6, 6.07) is 0. The second-order valence-electron chi connectivity index (χ2n) is 7.89. The molecule has 32 heteroatoms. The molecule has 0 radical (unpaired) electrons. The number of aliphatic hydroxyl groups excluding tert-OH is 2. The Hall–Kier alpha value is -0.860. The molecule has 1 fully saturated rings. The summed E-state index contributed by atoms with van der Waals surface area (Å²) >= 11 is 0. The SMILES string of the molecule is C1CO1.CN(C)CCS(=O)(=O)O.COS(=O)(=O)CCN.COS(=O)(=O)CCN.COS(=O)(=O)CCO.COS(=O)(=O)CCO.N.O=S(=O)(O)O. The van der Waals surface area contributed by atoms with Crippen molar-refractivity contribution in [2.24, 2.45) is 11.5 Å². The molecule has 0 aromatic carbocycles. The first-order valence-corrected chi connectivity index (χ1v) is 21.8. The van der Waals surface area contributed by atoms with E-state index in [1.165, 1.54) is 0 Å². The number of epoxide rings is 1. The third kappa shape index (κ3) is 86.1. The Labute approximate surface area is 295 Å². The van der Waals surface area contributed by atoms with Gasteiger partial charge in [0.25, 0.3) is 50.6 Å². The summed E-state index contributed by atoms with van der Waals surface area (Å²) in [5, 5.41) is 16.1. The standard InChI is InChI=1S/C4H11NO3S.2C3H9NO3S.2C3H8O4S.C2H4O.H3N.H2O4S/c1-5(2)3-4-9(6,7)8;4*1-7-8(5,6)3-2-4;1-2-3-1;;1-5(2,3)4/h3-4H2,1-2H3,(H,6,7,8);2*2-4H2,1H3;2*4H,2-3H2,1H3;1-2H2;1H3;(H2,1,2,3,4). The van der Waals surface area contributed by atoms with Crippen molar-refractivity contribution >= 4 is 61.0 Å². The van der Waals surface area contributed by atoms with Crippen molar-refractivity contribution in [3.8, 4) is 0 Å². The molecule has 1 heterocycles. The van der Waals surface area contributed by atoms with Crippen molar-refractivity contribution in [1.29, 1.82) is 0 Å². The minimum atomic E-state index is -4.67. The van der Waals surface area contributed by atoms with Crippen LogP contribution in [0.25, 0.3) is 0 Å². The quantitative estimate of drug-likeness (QED) is 0.0433. The van der Waals surface area contributed by atoms with Crippen LogP contribution in [-0.4, -0.2) is 197 Å². The topological polar surface area (TPSA) is 446 Å². The first-order chi connectivity index (χ1) is 21.9. The Morgan fingerprint density at radius 1 is 0.560 bits per heavy atom. The van der Waals surface area contributed by atoms with E-state index in [1.54, 1.807) is 19.0 Å². The molecule has 0 bridgehead atoms. The molecule has 314 valence electrons. The van der Waals surface area contributed by atoms with Gasteiger partial charge in [-0.3, -0.25) is 30.4 Å². The third-order valence-electron chi connectivity index (χ3n) is 3.43. The minimum Gasteiger partial charge on any atom is -0.395 e. The lowest BCUT2D eigenvalue weighted by atomic mass is 10.7. The maximum Gasteiger partial charge on any atom is 0.394 e. The Morgan fingerprint density at radius 3 is 0.840 bits per heavy atom. The fraction of sp³-hybridized carbons (Fsp3) is 1.00. The van der Waals surface area contributed by atoms with Gasteiger partial charge in [-0.1, -0.05) is 0 Å². The molecule has 0 amide bonds. The summed E-state index contributed by atoms with van der Waals surface area (Å²) in [5.41, 5.74) is 9.86. The van der Waals surface area contributed by atoms with Crippen molar-refractivity contribution in [2.75, 3.05) is 117 Å². The summed E-state index contributed by atoms with van der Waals surface area (Å²) in [5.74, 6) is -1.07. The van der Waals surface area contributed by atoms with Gasteiger partial charge in [-0.2, -0.15) is 50.5 Å². The van der Waals surface area contributed by atoms with Crippen LogP contribution in [-0.2, 0) is 82.5 Å². The highest BCUT2D eigenvalue weighted by Gasteiger charge is 2.06. The Balaban J connectivity index is -0.0000000872. The average molecular weight is 871 g/mol. The lowest BCUT2D eigenvalue weighted by molar-refractivity contribution is 0.309. The van der Waals surface area contributed by atoms with E-state index in [2.05, 4.69) is 21.5 Å². The predicted molar refractivity (Wildman–Crippen MR) is 180 cm³/mol. The molecule has 0 aliphatic carbocycles. The molecule has 1 aliphatic rings. The number of hydrogen-bond acceptors (Lipinski definition) is 23. The van der Waals surface area contributed by atoms with Gasteiger partial charge < -0.3 is 37.5 Å². The number of rotatable bonds is 15. The van der Waals surface area contributed by atoms with Gasteiger partial charge in [0.15, 0.2) is 0 Å². The molecule has 1 saturated heterocycles. The summed E-state index contributed by atoms with van der Waals surface area (Å²) in [4.78, 5) is 1.69. The maximum absolute atomic E-state index is 10.3. The minimum absolute atomic E-state index is 0. The number of ether oxygens (including phenoxy) is 1. The summed E-state index contributed by atoms with van der Waals surface area (Å²) < 4.78 is 163. The second kappa shape index (κ2) is 35.2. The fourth-order valence-electron chi connectivity index (χ4n) is 1.14. The molecular formula is C18H54N4O22S6. The largest absolute Gasteiger partial charge is 0.395 e. The van der Waals surface area contributed by atoms with E-state index < -0.39 is 74.2 Å². The molecule has 0 unspecified atom stereocenters. The molecule has 0 saturated carbocycles. The van der Waals surface area contributed by atoms with Gasteiger partial charge >= 0.3 is 10.4 Å². The number of hydrogen-bond donors (Lipinski definition) is 8. The number of nitrogens with two attached hydrogens (primary N) is 2. The average Bonchev–Trinajstić information content (AvgIpc) is 3.82. The van der Waals surface area contributed by atoms with Crippen molar-refractivity contribution in [2.45, 2.75) is 0 Å². The summed E-state index contributed by atoms with van der Waals surface area (Å²) in [7, 11) is -14.0. The maximum atomic E-state index is 10.3. The summed E-state index contributed by atoms with van der Waals surface area (Å²) in [6.45, 7) is 1.79. The van der Waals surface area contributed by atoms with Crippen LogP contribution < -0.4 is 17.6 Å². The van der Waals surface area contributed by atoms with Gasteiger partial charge in [-0.05, 0) is 14.1 Å². The highest BCUT2D eigenvalue weighted by Crippen LogP contribution is 1.88. The van der Waals surface area contributed by atoms with Gasteiger partial charge in [-0.15, -0.1) is 0 Å². The van der Waals surface area contributed by atoms with Crippen molar-refractivity contribution in [1.82, 2.24) is 11.1 Å². The van der Waals surface area contributed by atoms with Crippen LogP contribution in [0.15, 0.2) is 0 Å². The fourth-order valence-corrected chi connectivity index (χ4v) is 3.43. The zero-order valence-corrected chi connectivity index (χ0v) is 33.3. The first kappa shape index (κ1) is 64.1. The Bertz CT molecular complexity index is 1260. The van der Waals surface area contributed by atoms with E-state index in [1.807, 2.05) is 0 Å². The lowest BCUT2D eigenvalue weighted by Crippen LogP contribution is -2.21. The van der Waals surface area contributed by atoms with E-state index in [4.69, 9.17) is 43.8 Å². The molecule has 1 aliphatic heterocycles. The third-order valence-corrected chi connectivity index (χ3v) is 9.00. The van der Waals surface area contributed by atoms with Crippen LogP contribution in [0, 0.1) is 0 Å². The second-order valence-corrected chi connectivity index (χ2v) is 17.8. The smallest absolute Gasteiger partial charge is 0.394 e. The van der Waals surface area contributed by atoms with Crippen LogP contribution in [0.4, 0.5) is 0 Å².